The minimum absolute atomic E-state index is 0.300. The quantitative estimate of drug-likeness (QED) is 0.791. The van der Waals surface area contributed by atoms with Gasteiger partial charge in [-0.1, -0.05) is 0 Å². The number of aromatic nitrogens is 3. The number of halogens is 1. The Labute approximate surface area is 131 Å². The summed E-state index contributed by atoms with van der Waals surface area (Å²) in [5.74, 6) is 0.990. The molecule has 0 bridgehead atoms. The van der Waals surface area contributed by atoms with Gasteiger partial charge in [0.1, 0.15) is 5.82 Å². The zero-order valence-electron chi connectivity index (χ0n) is 12.0. The van der Waals surface area contributed by atoms with Crippen LogP contribution in [0.2, 0.25) is 0 Å². The Morgan fingerprint density at radius 1 is 1.29 bits per heavy atom. The summed E-state index contributed by atoms with van der Waals surface area (Å²) in [6.07, 6.45) is 5.95. The van der Waals surface area contributed by atoms with Crippen molar-refractivity contribution in [3.8, 4) is 0 Å². The molecule has 2 aromatic rings. The van der Waals surface area contributed by atoms with Gasteiger partial charge in [0.25, 0.3) is 0 Å². The topological polar surface area (TPSA) is 48.7 Å². The van der Waals surface area contributed by atoms with Crippen LogP contribution in [0.1, 0.15) is 43.1 Å². The summed E-state index contributed by atoms with van der Waals surface area (Å²) in [6, 6.07) is 2.18. The fourth-order valence-corrected chi connectivity index (χ4v) is 3.99. The second kappa shape index (κ2) is 5.04. The molecular formula is C15H18BrN3O2. The first-order valence-corrected chi connectivity index (χ1v) is 8.25. The lowest BCUT2D eigenvalue weighted by Gasteiger charge is -2.35. The maximum absolute atomic E-state index is 5.81. The van der Waals surface area contributed by atoms with Crippen molar-refractivity contribution < 1.29 is 9.47 Å². The molecule has 112 valence electrons. The average molecular weight is 352 g/mol. The Hall–Kier alpha value is -0.980. The van der Waals surface area contributed by atoms with Crippen molar-refractivity contribution in [2.45, 2.75) is 44.3 Å². The van der Waals surface area contributed by atoms with Gasteiger partial charge in [0.2, 0.25) is 0 Å². The van der Waals surface area contributed by atoms with Crippen LogP contribution in [0, 0.1) is 6.92 Å². The molecule has 0 N–H and O–H groups in total. The zero-order valence-corrected chi connectivity index (χ0v) is 13.6. The minimum atomic E-state index is -0.300. The second-order valence-electron chi connectivity index (χ2n) is 5.90. The highest BCUT2D eigenvalue weighted by Gasteiger charge is 2.41. The first kappa shape index (κ1) is 13.7. The molecule has 0 aromatic carbocycles. The van der Waals surface area contributed by atoms with Crippen LogP contribution in [0.15, 0.2) is 16.7 Å². The molecule has 1 saturated heterocycles. The molecule has 0 amide bonds. The van der Waals surface area contributed by atoms with Gasteiger partial charge < -0.3 is 9.47 Å². The van der Waals surface area contributed by atoms with Crippen molar-refractivity contribution in [3.05, 3.63) is 28.3 Å². The molecule has 0 unspecified atom stereocenters. The Morgan fingerprint density at radius 3 is 2.71 bits per heavy atom. The van der Waals surface area contributed by atoms with E-state index in [9.17, 15) is 0 Å². The number of hydrogen-bond donors (Lipinski definition) is 0. The summed E-state index contributed by atoms with van der Waals surface area (Å²) >= 11 is 3.62. The van der Waals surface area contributed by atoms with E-state index < -0.39 is 0 Å². The van der Waals surface area contributed by atoms with E-state index in [1.54, 1.807) is 0 Å². The summed E-state index contributed by atoms with van der Waals surface area (Å²) < 4.78 is 14.7. The van der Waals surface area contributed by atoms with E-state index in [1.165, 1.54) is 5.69 Å². The normalized spacial score (nSPS) is 22.4. The molecule has 1 saturated carbocycles. The minimum Gasteiger partial charge on any atom is -0.348 e. The average Bonchev–Trinajstić information content (AvgIpc) is 3.06. The number of fused-ring (bicyclic) bond motifs is 1. The van der Waals surface area contributed by atoms with Crippen molar-refractivity contribution in [1.29, 1.82) is 0 Å². The van der Waals surface area contributed by atoms with E-state index in [-0.39, 0.29) is 5.79 Å². The second-order valence-corrected chi connectivity index (χ2v) is 6.76. The molecular weight excluding hydrogens is 334 g/mol. The smallest absolute Gasteiger partial charge is 0.168 e. The SMILES string of the molecule is Cc1ncc2c(Br)cc(C3CCC4(CC3)OCCO4)n2n1. The highest BCUT2D eigenvalue weighted by atomic mass is 79.9. The third kappa shape index (κ3) is 2.29. The highest BCUT2D eigenvalue weighted by Crippen LogP contribution is 2.43. The Bertz CT molecular complexity index is 669. The van der Waals surface area contributed by atoms with Crippen LogP contribution in [-0.4, -0.2) is 33.6 Å². The van der Waals surface area contributed by atoms with Gasteiger partial charge >= 0.3 is 0 Å². The van der Waals surface area contributed by atoms with E-state index in [0.717, 1.165) is 54.7 Å². The number of hydrogen-bond acceptors (Lipinski definition) is 4. The van der Waals surface area contributed by atoms with Gasteiger partial charge in [0.05, 0.1) is 24.9 Å². The summed E-state index contributed by atoms with van der Waals surface area (Å²) in [4.78, 5) is 4.28. The van der Waals surface area contributed by atoms with Crippen LogP contribution in [0.5, 0.6) is 0 Å². The van der Waals surface area contributed by atoms with Crippen LogP contribution in [-0.2, 0) is 9.47 Å². The molecule has 0 atom stereocenters. The fourth-order valence-electron chi connectivity index (χ4n) is 3.49. The first-order valence-electron chi connectivity index (χ1n) is 7.46. The van der Waals surface area contributed by atoms with Gasteiger partial charge in [-0.2, -0.15) is 5.10 Å². The summed E-state index contributed by atoms with van der Waals surface area (Å²) in [5, 5.41) is 4.57. The summed E-state index contributed by atoms with van der Waals surface area (Å²) in [7, 11) is 0. The molecule has 3 heterocycles. The Balaban J connectivity index is 1.64. The fraction of sp³-hybridized carbons (Fsp3) is 0.600. The summed E-state index contributed by atoms with van der Waals surface area (Å²) in [5.41, 5.74) is 2.29. The monoisotopic (exact) mass is 351 g/mol. The van der Waals surface area contributed by atoms with Crippen LogP contribution in [0.25, 0.3) is 5.52 Å². The molecule has 4 rings (SSSR count). The van der Waals surface area contributed by atoms with Crippen molar-refractivity contribution in [2.75, 3.05) is 13.2 Å². The number of aryl methyl sites for hydroxylation is 1. The number of rotatable bonds is 1. The highest BCUT2D eigenvalue weighted by molar-refractivity contribution is 9.10. The molecule has 1 spiro atoms. The van der Waals surface area contributed by atoms with Crippen molar-refractivity contribution >= 4 is 21.4 Å². The van der Waals surface area contributed by atoms with Gasteiger partial charge in [-0.05, 0) is 41.8 Å². The van der Waals surface area contributed by atoms with Gasteiger partial charge in [-0.25, -0.2) is 9.50 Å². The third-order valence-electron chi connectivity index (χ3n) is 4.59. The predicted molar refractivity (Wildman–Crippen MR) is 81.3 cm³/mol. The number of ether oxygens (including phenoxy) is 2. The number of nitrogens with zero attached hydrogens (tertiary/aromatic N) is 3. The molecule has 21 heavy (non-hydrogen) atoms. The third-order valence-corrected chi connectivity index (χ3v) is 5.22. The molecule has 2 aliphatic rings. The standard InChI is InChI=1S/C15H18BrN3O2/c1-10-17-9-14-12(16)8-13(19(14)18-10)11-2-4-15(5-3-11)20-6-7-21-15/h8-9,11H,2-7H2,1H3. The van der Waals surface area contributed by atoms with Crippen molar-refractivity contribution in [3.63, 3.8) is 0 Å². The van der Waals surface area contributed by atoms with E-state index in [2.05, 4.69) is 32.1 Å². The predicted octanol–water partition coefficient (Wildman–Crippen LogP) is 3.20. The van der Waals surface area contributed by atoms with Gasteiger partial charge in [-0.15, -0.1) is 0 Å². The van der Waals surface area contributed by atoms with Crippen LogP contribution in [0.4, 0.5) is 0 Å². The molecule has 1 aliphatic carbocycles. The van der Waals surface area contributed by atoms with E-state index in [4.69, 9.17) is 9.47 Å². The largest absolute Gasteiger partial charge is 0.348 e. The molecule has 1 aliphatic heterocycles. The molecule has 0 radical (unpaired) electrons. The van der Waals surface area contributed by atoms with Crippen LogP contribution >= 0.6 is 15.9 Å². The summed E-state index contributed by atoms with van der Waals surface area (Å²) in [6.45, 7) is 3.39. The molecule has 5 nitrogen and oxygen atoms in total. The van der Waals surface area contributed by atoms with E-state index in [1.807, 2.05) is 17.6 Å². The zero-order chi connectivity index (χ0) is 14.4. The van der Waals surface area contributed by atoms with Crippen LogP contribution < -0.4 is 0 Å². The van der Waals surface area contributed by atoms with Gasteiger partial charge in [0, 0.05) is 28.9 Å². The van der Waals surface area contributed by atoms with Crippen molar-refractivity contribution in [1.82, 2.24) is 14.6 Å². The molecule has 6 heteroatoms. The van der Waals surface area contributed by atoms with E-state index >= 15 is 0 Å². The van der Waals surface area contributed by atoms with Gasteiger partial charge in [0.15, 0.2) is 5.79 Å². The van der Waals surface area contributed by atoms with E-state index in [0.29, 0.717) is 5.92 Å². The lowest BCUT2D eigenvalue weighted by molar-refractivity contribution is -0.179. The van der Waals surface area contributed by atoms with Gasteiger partial charge in [-0.3, -0.25) is 0 Å². The van der Waals surface area contributed by atoms with Crippen molar-refractivity contribution in [2.24, 2.45) is 0 Å². The maximum atomic E-state index is 5.81. The lowest BCUT2D eigenvalue weighted by atomic mass is 9.83. The molecule has 2 aromatic heterocycles. The van der Waals surface area contributed by atoms with Crippen LogP contribution in [0.3, 0.4) is 0 Å². The lowest BCUT2D eigenvalue weighted by Crippen LogP contribution is -2.34. The maximum Gasteiger partial charge on any atom is 0.168 e. The Morgan fingerprint density at radius 2 is 2.00 bits per heavy atom. The molecule has 2 fully saturated rings. The first-order chi connectivity index (χ1) is 10.2. The Kier molecular flexibility index (Phi) is 3.28.